The first kappa shape index (κ1) is 20.5. The van der Waals surface area contributed by atoms with E-state index in [2.05, 4.69) is 17.0 Å². The van der Waals surface area contributed by atoms with Gasteiger partial charge >= 0.3 is 0 Å². The van der Waals surface area contributed by atoms with Crippen LogP contribution >= 0.6 is 0 Å². The lowest BCUT2D eigenvalue weighted by molar-refractivity contribution is -0.125. The molecule has 0 atom stereocenters. The lowest BCUT2D eigenvalue weighted by Gasteiger charge is -2.36. The number of piperazine rings is 1. The first-order chi connectivity index (χ1) is 15.2. The number of hydrogen-bond donors (Lipinski definition) is 0. The first-order valence-corrected chi connectivity index (χ1v) is 10.3. The molecule has 0 aliphatic carbocycles. The Morgan fingerprint density at radius 3 is 2.19 bits per heavy atom. The second kappa shape index (κ2) is 9.34. The Balaban J connectivity index is 1.59. The Morgan fingerprint density at radius 1 is 0.871 bits per heavy atom. The second-order valence-corrected chi connectivity index (χ2v) is 7.33. The summed E-state index contributed by atoms with van der Waals surface area (Å²) in [4.78, 5) is 30.1. The van der Waals surface area contributed by atoms with Crippen LogP contribution < -0.4 is 15.2 Å². The van der Waals surface area contributed by atoms with E-state index < -0.39 is 0 Å². The molecule has 1 aliphatic heterocycles. The summed E-state index contributed by atoms with van der Waals surface area (Å²) in [6.07, 6.45) is 3.39. The van der Waals surface area contributed by atoms with E-state index in [4.69, 9.17) is 4.74 Å². The van der Waals surface area contributed by atoms with Gasteiger partial charge in [-0.15, -0.1) is 0 Å². The van der Waals surface area contributed by atoms with Gasteiger partial charge in [-0.1, -0.05) is 36.4 Å². The number of rotatable bonds is 5. The van der Waals surface area contributed by atoms with E-state index in [9.17, 15) is 9.59 Å². The summed E-state index contributed by atoms with van der Waals surface area (Å²) in [5.74, 6) is 0.579. The van der Waals surface area contributed by atoms with Gasteiger partial charge in [0.1, 0.15) is 11.4 Å². The van der Waals surface area contributed by atoms with Gasteiger partial charge in [-0.2, -0.15) is 0 Å². The summed E-state index contributed by atoms with van der Waals surface area (Å²) >= 11 is 0. The average Bonchev–Trinajstić information content (AvgIpc) is 2.84. The van der Waals surface area contributed by atoms with Crippen molar-refractivity contribution in [2.45, 2.75) is 0 Å². The third kappa shape index (κ3) is 4.69. The van der Waals surface area contributed by atoms with Crippen LogP contribution in [0, 0.1) is 0 Å². The predicted octanol–water partition coefficient (Wildman–Crippen LogP) is 3.20. The molecule has 1 amide bonds. The van der Waals surface area contributed by atoms with Crippen molar-refractivity contribution in [2.75, 3.05) is 38.2 Å². The van der Waals surface area contributed by atoms with Crippen LogP contribution in [0.4, 0.5) is 5.69 Å². The van der Waals surface area contributed by atoms with Crippen molar-refractivity contribution in [3.8, 4) is 5.75 Å². The van der Waals surface area contributed by atoms with Crippen LogP contribution in [0.5, 0.6) is 5.75 Å². The Kier molecular flexibility index (Phi) is 6.17. The maximum absolute atomic E-state index is 13.5. The molecule has 0 spiro atoms. The highest BCUT2D eigenvalue weighted by Crippen LogP contribution is 2.20. The molecule has 0 N–H and O–H groups in total. The zero-order valence-corrected chi connectivity index (χ0v) is 17.5. The maximum Gasteiger partial charge on any atom is 0.271 e. The van der Waals surface area contributed by atoms with Crippen molar-refractivity contribution in [3.63, 3.8) is 0 Å². The van der Waals surface area contributed by atoms with Crippen LogP contribution in [-0.2, 0) is 4.79 Å². The summed E-state index contributed by atoms with van der Waals surface area (Å²) < 4.78 is 6.62. The Hall–Kier alpha value is -3.80. The monoisotopic (exact) mass is 415 g/mol. The lowest BCUT2D eigenvalue weighted by Crippen LogP contribution is -2.49. The number of amides is 1. The molecule has 6 heteroatoms. The van der Waals surface area contributed by atoms with Gasteiger partial charge in [0.25, 0.3) is 11.5 Å². The van der Waals surface area contributed by atoms with Crippen molar-refractivity contribution >= 4 is 23.4 Å². The minimum Gasteiger partial charge on any atom is -0.497 e. The van der Waals surface area contributed by atoms with Crippen LogP contribution in [0.1, 0.15) is 5.56 Å². The number of methoxy groups -OCH3 is 1. The van der Waals surface area contributed by atoms with Crippen LogP contribution in [0.25, 0.3) is 11.8 Å². The smallest absolute Gasteiger partial charge is 0.271 e. The van der Waals surface area contributed by atoms with Crippen LogP contribution in [0.3, 0.4) is 0 Å². The van der Waals surface area contributed by atoms with E-state index in [0.29, 0.717) is 18.8 Å². The zero-order chi connectivity index (χ0) is 21.6. The minimum absolute atomic E-state index is 0.156. The highest BCUT2D eigenvalue weighted by atomic mass is 16.5. The van der Waals surface area contributed by atoms with E-state index in [0.717, 1.165) is 30.1 Å². The molecule has 1 aliphatic rings. The van der Waals surface area contributed by atoms with E-state index in [1.165, 1.54) is 10.6 Å². The van der Waals surface area contributed by atoms with E-state index in [1.807, 2.05) is 47.4 Å². The van der Waals surface area contributed by atoms with Gasteiger partial charge in [0.15, 0.2) is 0 Å². The number of carbonyl (C=O) groups excluding carboxylic acids is 1. The number of para-hydroxylation sites is 1. The molecule has 31 heavy (non-hydrogen) atoms. The predicted molar refractivity (Wildman–Crippen MR) is 123 cm³/mol. The molecule has 1 fully saturated rings. The van der Waals surface area contributed by atoms with Crippen LogP contribution in [0.2, 0.25) is 0 Å². The summed E-state index contributed by atoms with van der Waals surface area (Å²) in [5.41, 5.74) is 2.08. The van der Waals surface area contributed by atoms with Crippen LogP contribution in [0.15, 0.2) is 83.8 Å². The number of benzene rings is 2. The van der Waals surface area contributed by atoms with Crippen molar-refractivity contribution < 1.29 is 9.53 Å². The molecule has 0 radical (unpaired) electrons. The molecule has 1 saturated heterocycles. The normalized spacial score (nSPS) is 14.4. The molecule has 3 aromatic rings. The molecular weight excluding hydrogens is 390 g/mol. The SMILES string of the molecule is COc1ccc(C=C(C(=O)N2CCN(c3ccccc3)CC2)n2ccccc2=O)cc1. The highest BCUT2D eigenvalue weighted by molar-refractivity contribution is 6.18. The van der Waals surface area contributed by atoms with Gasteiger partial charge in [0, 0.05) is 44.1 Å². The minimum atomic E-state index is -0.237. The Morgan fingerprint density at radius 2 is 1.55 bits per heavy atom. The summed E-state index contributed by atoms with van der Waals surface area (Å²) in [7, 11) is 1.61. The lowest BCUT2D eigenvalue weighted by atomic mass is 10.1. The zero-order valence-electron chi connectivity index (χ0n) is 17.5. The number of aromatic nitrogens is 1. The number of pyridine rings is 1. The van der Waals surface area contributed by atoms with E-state index >= 15 is 0 Å². The fourth-order valence-corrected chi connectivity index (χ4v) is 3.69. The number of anilines is 1. The fraction of sp³-hybridized carbons (Fsp3) is 0.200. The standard InChI is InChI=1S/C25H25N3O3/c1-31-22-12-10-20(11-13-22)19-23(28-14-6-5-9-24(28)29)25(30)27-17-15-26(16-18-27)21-7-3-2-4-8-21/h2-14,19H,15-18H2,1H3. The third-order valence-corrected chi connectivity index (χ3v) is 5.41. The molecule has 0 saturated carbocycles. The summed E-state index contributed by atoms with van der Waals surface area (Å²) in [5, 5.41) is 0. The largest absolute Gasteiger partial charge is 0.497 e. The van der Waals surface area contributed by atoms with Crippen molar-refractivity contribution in [1.29, 1.82) is 0 Å². The van der Waals surface area contributed by atoms with Gasteiger partial charge in [0.2, 0.25) is 0 Å². The molecule has 6 nitrogen and oxygen atoms in total. The third-order valence-electron chi connectivity index (χ3n) is 5.41. The molecule has 2 aromatic carbocycles. The number of hydrogen-bond acceptors (Lipinski definition) is 4. The van der Waals surface area contributed by atoms with Gasteiger partial charge in [-0.25, -0.2) is 0 Å². The van der Waals surface area contributed by atoms with E-state index in [-0.39, 0.29) is 11.5 Å². The first-order valence-electron chi connectivity index (χ1n) is 10.3. The second-order valence-electron chi connectivity index (χ2n) is 7.33. The summed E-state index contributed by atoms with van der Waals surface area (Å²) in [6.45, 7) is 2.68. The quantitative estimate of drug-likeness (QED) is 0.601. The molecular formula is C25H25N3O3. The average molecular weight is 415 g/mol. The van der Waals surface area contributed by atoms with Gasteiger partial charge < -0.3 is 14.5 Å². The van der Waals surface area contributed by atoms with Crippen molar-refractivity contribution in [1.82, 2.24) is 9.47 Å². The summed E-state index contributed by atoms with van der Waals surface area (Å²) in [6, 6.07) is 22.5. The van der Waals surface area contributed by atoms with Crippen LogP contribution in [-0.4, -0.2) is 48.7 Å². The fourth-order valence-electron chi connectivity index (χ4n) is 3.69. The Labute approximate surface area is 181 Å². The molecule has 1 aromatic heterocycles. The van der Waals surface area contributed by atoms with Gasteiger partial charge in [-0.05, 0) is 42.0 Å². The van der Waals surface area contributed by atoms with Crippen molar-refractivity contribution in [3.05, 3.63) is 94.9 Å². The molecule has 0 bridgehead atoms. The number of nitrogens with zero attached hydrogens (tertiary/aromatic N) is 3. The van der Waals surface area contributed by atoms with E-state index in [1.54, 1.807) is 31.5 Å². The topological polar surface area (TPSA) is 54.8 Å². The molecule has 2 heterocycles. The maximum atomic E-state index is 13.5. The Bertz CT molecular complexity index is 1110. The molecule has 158 valence electrons. The number of ether oxygens (including phenoxy) is 1. The van der Waals surface area contributed by atoms with Gasteiger partial charge in [-0.3, -0.25) is 14.2 Å². The molecule has 4 rings (SSSR count). The van der Waals surface area contributed by atoms with Crippen molar-refractivity contribution in [2.24, 2.45) is 0 Å². The van der Waals surface area contributed by atoms with Gasteiger partial charge in [0.05, 0.1) is 7.11 Å². The highest BCUT2D eigenvalue weighted by Gasteiger charge is 2.25. The molecule has 0 unspecified atom stereocenters. The number of carbonyl (C=O) groups is 1.